The molecule has 1 amide bonds. The summed E-state index contributed by atoms with van der Waals surface area (Å²) in [5.41, 5.74) is 1.90. The number of amides is 1. The number of piperidine rings is 1. The van der Waals surface area contributed by atoms with E-state index in [-0.39, 0.29) is 18.3 Å². The molecule has 2 N–H and O–H groups in total. The van der Waals surface area contributed by atoms with Crippen molar-refractivity contribution in [3.05, 3.63) is 45.4 Å². The van der Waals surface area contributed by atoms with Crippen LogP contribution in [0.3, 0.4) is 0 Å². The van der Waals surface area contributed by atoms with Crippen molar-refractivity contribution in [1.82, 2.24) is 10.3 Å². The zero-order valence-electron chi connectivity index (χ0n) is 15.5. The summed E-state index contributed by atoms with van der Waals surface area (Å²) in [7, 11) is 1.65. The van der Waals surface area contributed by atoms with E-state index in [4.69, 9.17) is 16.3 Å². The average molecular weight is 430 g/mol. The number of carbonyl (C=O) groups is 1. The highest BCUT2D eigenvalue weighted by molar-refractivity contribution is 7.15. The molecule has 2 heterocycles. The van der Waals surface area contributed by atoms with Gasteiger partial charge in [0.2, 0.25) is 5.91 Å². The lowest BCUT2D eigenvalue weighted by atomic mass is 9.79. The van der Waals surface area contributed by atoms with Gasteiger partial charge in [-0.25, -0.2) is 4.98 Å². The number of carbonyl (C=O) groups excluding carboxylic acids is 1. The fraction of sp³-hybridized carbons (Fsp3) is 0.474. The first-order valence-corrected chi connectivity index (χ1v) is 9.93. The molecule has 27 heavy (non-hydrogen) atoms. The van der Waals surface area contributed by atoms with Gasteiger partial charge in [-0.2, -0.15) is 0 Å². The molecule has 0 aliphatic carbocycles. The second-order valence-corrected chi connectivity index (χ2v) is 8.35. The number of rotatable bonds is 6. The topological polar surface area (TPSA) is 63.2 Å². The maximum absolute atomic E-state index is 12.9. The molecule has 148 valence electrons. The average Bonchev–Trinajstić information content (AvgIpc) is 3.05. The Bertz CT molecular complexity index is 771. The number of benzene rings is 1. The number of nitrogens with zero attached hydrogens (tertiary/aromatic N) is 1. The number of anilines is 1. The van der Waals surface area contributed by atoms with E-state index >= 15 is 0 Å². The third-order valence-corrected chi connectivity index (χ3v) is 6.05. The number of halogens is 2. The first-order chi connectivity index (χ1) is 12.5. The van der Waals surface area contributed by atoms with Gasteiger partial charge in [0.25, 0.3) is 0 Å². The van der Waals surface area contributed by atoms with Gasteiger partial charge < -0.3 is 15.4 Å². The second-order valence-electron chi connectivity index (χ2n) is 6.80. The summed E-state index contributed by atoms with van der Waals surface area (Å²) in [6.07, 6.45) is 4.16. The monoisotopic (exact) mass is 429 g/mol. The highest BCUT2D eigenvalue weighted by Crippen LogP contribution is 2.32. The van der Waals surface area contributed by atoms with Crippen molar-refractivity contribution in [2.75, 3.05) is 32.1 Å². The summed E-state index contributed by atoms with van der Waals surface area (Å²) in [5.74, 6) is 0.00410. The maximum Gasteiger partial charge on any atom is 0.234 e. The van der Waals surface area contributed by atoms with Crippen LogP contribution in [0.1, 0.15) is 28.8 Å². The first kappa shape index (κ1) is 22.1. The lowest BCUT2D eigenvalue weighted by Gasteiger charge is -2.35. The number of methoxy groups -OCH3 is 1. The SMILES string of the molecule is COCC1(C(=O)Nc2ncc(Cc3ccc(Cl)cc3C)s2)CCNCC1.Cl. The molecule has 1 aromatic carbocycles. The Morgan fingerprint density at radius 1 is 1.41 bits per heavy atom. The Kier molecular flexibility index (Phi) is 8.06. The minimum atomic E-state index is -0.474. The number of hydrogen-bond acceptors (Lipinski definition) is 5. The quantitative estimate of drug-likeness (QED) is 0.725. The van der Waals surface area contributed by atoms with Gasteiger partial charge in [0.05, 0.1) is 12.0 Å². The molecular weight excluding hydrogens is 405 g/mol. The molecule has 0 spiro atoms. The van der Waals surface area contributed by atoms with Crippen molar-refractivity contribution in [2.24, 2.45) is 5.41 Å². The number of thiazole rings is 1. The predicted octanol–water partition coefficient (Wildman–Crippen LogP) is 4.07. The van der Waals surface area contributed by atoms with E-state index in [1.54, 1.807) is 7.11 Å². The van der Waals surface area contributed by atoms with Gasteiger partial charge in [-0.1, -0.05) is 17.7 Å². The third-order valence-electron chi connectivity index (χ3n) is 4.91. The van der Waals surface area contributed by atoms with Gasteiger partial charge >= 0.3 is 0 Å². The van der Waals surface area contributed by atoms with Crippen LogP contribution in [-0.4, -0.2) is 37.7 Å². The van der Waals surface area contributed by atoms with Crippen LogP contribution in [0.2, 0.25) is 5.02 Å². The number of nitrogens with one attached hydrogen (secondary N) is 2. The third kappa shape index (κ3) is 5.42. The lowest BCUT2D eigenvalue weighted by Crippen LogP contribution is -2.47. The lowest BCUT2D eigenvalue weighted by molar-refractivity contribution is -0.130. The Balaban J connectivity index is 0.00000261. The molecule has 1 fully saturated rings. The molecule has 2 aromatic rings. The molecule has 0 radical (unpaired) electrons. The summed E-state index contributed by atoms with van der Waals surface area (Å²) >= 11 is 7.54. The molecular formula is C19H25Cl2N3O2S. The number of ether oxygens (including phenoxy) is 1. The summed E-state index contributed by atoms with van der Waals surface area (Å²) < 4.78 is 5.33. The normalized spacial score (nSPS) is 15.8. The number of hydrogen-bond donors (Lipinski definition) is 2. The van der Waals surface area contributed by atoms with E-state index in [2.05, 4.69) is 22.5 Å². The van der Waals surface area contributed by atoms with Crippen LogP contribution in [0, 0.1) is 12.3 Å². The first-order valence-electron chi connectivity index (χ1n) is 8.73. The van der Waals surface area contributed by atoms with E-state index in [1.807, 2.05) is 24.4 Å². The Labute approximate surface area is 175 Å². The van der Waals surface area contributed by atoms with Crippen molar-refractivity contribution < 1.29 is 9.53 Å². The van der Waals surface area contributed by atoms with E-state index < -0.39 is 5.41 Å². The van der Waals surface area contributed by atoms with Crippen LogP contribution < -0.4 is 10.6 Å². The molecule has 0 saturated carbocycles. The zero-order valence-corrected chi connectivity index (χ0v) is 17.9. The van der Waals surface area contributed by atoms with Crippen molar-refractivity contribution >= 4 is 46.4 Å². The summed E-state index contributed by atoms with van der Waals surface area (Å²) in [6, 6.07) is 5.91. The minimum Gasteiger partial charge on any atom is -0.384 e. The van der Waals surface area contributed by atoms with Crippen LogP contribution >= 0.6 is 35.3 Å². The maximum atomic E-state index is 12.9. The largest absolute Gasteiger partial charge is 0.384 e. The molecule has 0 unspecified atom stereocenters. The molecule has 8 heteroatoms. The van der Waals surface area contributed by atoms with Gasteiger partial charge in [0.1, 0.15) is 0 Å². The van der Waals surface area contributed by atoms with Gasteiger partial charge in [0.15, 0.2) is 5.13 Å². The van der Waals surface area contributed by atoms with E-state index in [0.717, 1.165) is 47.8 Å². The Hall–Kier alpha value is -1.18. The van der Waals surface area contributed by atoms with Crippen LogP contribution in [0.5, 0.6) is 0 Å². The van der Waals surface area contributed by atoms with E-state index in [0.29, 0.717) is 11.7 Å². The summed E-state index contributed by atoms with van der Waals surface area (Å²) in [5, 5.41) is 7.69. The highest BCUT2D eigenvalue weighted by Gasteiger charge is 2.40. The fourth-order valence-corrected chi connectivity index (χ4v) is 4.40. The van der Waals surface area contributed by atoms with Crippen molar-refractivity contribution in [2.45, 2.75) is 26.2 Å². The smallest absolute Gasteiger partial charge is 0.234 e. The number of aromatic nitrogens is 1. The fourth-order valence-electron chi connectivity index (χ4n) is 3.34. The standard InChI is InChI=1S/C19H24ClN3O2S.ClH/c1-13-9-15(20)4-3-14(13)10-16-11-22-18(26-16)23-17(24)19(12-25-2)5-7-21-8-6-19;/h3-4,9,11,21H,5-8,10,12H2,1-2H3,(H,22,23,24);1H. The molecule has 5 nitrogen and oxygen atoms in total. The minimum absolute atomic E-state index is 0. The molecule has 1 aliphatic rings. The van der Waals surface area contributed by atoms with Crippen LogP contribution in [0.15, 0.2) is 24.4 Å². The van der Waals surface area contributed by atoms with Gasteiger partial charge in [-0.05, 0) is 56.1 Å². The highest BCUT2D eigenvalue weighted by atomic mass is 35.5. The van der Waals surface area contributed by atoms with Crippen LogP contribution in [0.25, 0.3) is 0 Å². The molecule has 0 bridgehead atoms. The van der Waals surface area contributed by atoms with Crippen LogP contribution in [0.4, 0.5) is 5.13 Å². The second kappa shape index (κ2) is 9.85. The van der Waals surface area contributed by atoms with Gasteiger partial charge in [-0.3, -0.25) is 4.79 Å². The summed E-state index contributed by atoms with van der Waals surface area (Å²) in [4.78, 5) is 18.4. The van der Waals surface area contributed by atoms with E-state index in [9.17, 15) is 4.79 Å². The molecule has 3 rings (SSSR count). The van der Waals surface area contributed by atoms with Crippen molar-refractivity contribution in [1.29, 1.82) is 0 Å². The molecule has 1 aromatic heterocycles. The Morgan fingerprint density at radius 3 is 2.81 bits per heavy atom. The number of aryl methyl sites for hydroxylation is 1. The van der Waals surface area contributed by atoms with Crippen molar-refractivity contribution in [3.63, 3.8) is 0 Å². The van der Waals surface area contributed by atoms with Crippen LogP contribution in [-0.2, 0) is 16.0 Å². The van der Waals surface area contributed by atoms with Crippen molar-refractivity contribution in [3.8, 4) is 0 Å². The zero-order chi connectivity index (χ0) is 18.6. The van der Waals surface area contributed by atoms with Gasteiger partial charge in [-0.15, -0.1) is 23.7 Å². The molecule has 1 aliphatic heterocycles. The summed E-state index contributed by atoms with van der Waals surface area (Å²) in [6.45, 7) is 4.14. The Morgan fingerprint density at radius 2 is 2.15 bits per heavy atom. The van der Waals surface area contributed by atoms with Gasteiger partial charge in [0, 0.05) is 29.6 Å². The predicted molar refractivity (Wildman–Crippen MR) is 113 cm³/mol. The van der Waals surface area contributed by atoms with E-state index in [1.165, 1.54) is 16.9 Å². The molecule has 1 saturated heterocycles. The molecule has 0 atom stereocenters.